The molecule has 3 nitrogen and oxygen atoms in total. The first-order valence-electron chi connectivity index (χ1n) is 9.59. The molecule has 0 N–H and O–H groups in total. The summed E-state index contributed by atoms with van der Waals surface area (Å²) in [5.74, 6) is 5.47. The highest BCUT2D eigenvalue weighted by Crippen LogP contribution is 2.60. The van der Waals surface area contributed by atoms with E-state index in [-0.39, 0.29) is 5.41 Å². The Morgan fingerprint density at radius 2 is 1.74 bits per heavy atom. The quantitative estimate of drug-likeness (QED) is 0.791. The maximum atomic E-state index is 13.7. The Morgan fingerprint density at radius 1 is 1.13 bits per heavy atom. The Morgan fingerprint density at radius 3 is 2.30 bits per heavy atom. The molecule has 5 fully saturated rings. The molecule has 1 amide bonds. The van der Waals surface area contributed by atoms with E-state index < -0.39 is 0 Å². The van der Waals surface area contributed by atoms with Gasteiger partial charge in [0.05, 0.1) is 11.5 Å². The molecule has 1 saturated heterocycles. The summed E-state index contributed by atoms with van der Waals surface area (Å²) >= 11 is 2.04. The van der Waals surface area contributed by atoms with Crippen LogP contribution in [0, 0.1) is 23.2 Å². The molecular formula is C19H32N2OS. The van der Waals surface area contributed by atoms with Gasteiger partial charge in [0.15, 0.2) is 0 Å². The minimum atomic E-state index is 0.0360. The number of carbonyl (C=O) groups is 1. The molecule has 1 heterocycles. The normalized spacial score (nSPS) is 43.0. The van der Waals surface area contributed by atoms with E-state index in [0.717, 1.165) is 36.6 Å². The molecule has 5 rings (SSSR count). The standard InChI is InChI=1S/C19H32N2OS/c1-20(2)12-17-13-23-5-3-4-21(17)18(22)19-9-14-6-15(10-19)8-16(7-14)11-19/h14-17H,3-13H2,1-2H3. The second-order valence-electron chi connectivity index (χ2n) is 9.04. The van der Waals surface area contributed by atoms with E-state index in [9.17, 15) is 4.79 Å². The molecule has 0 aromatic carbocycles. The lowest BCUT2D eigenvalue weighted by atomic mass is 9.49. The van der Waals surface area contributed by atoms with Gasteiger partial charge in [-0.2, -0.15) is 11.8 Å². The molecule has 4 heteroatoms. The average Bonchev–Trinajstić information content (AvgIpc) is 2.70. The van der Waals surface area contributed by atoms with Crippen LogP contribution in [0.5, 0.6) is 0 Å². The van der Waals surface area contributed by atoms with Crippen LogP contribution in [0.2, 0.25) is 0 Å². The highest BCUT2D eigenvalue weighted by atomic mass is 32.2. The topological polar surface area (TPSA) is 23.6 Å². The zero-order valence-electron chi connectivity index (χ0n) is 14.8. The lowest BCUT2D eigenvalue weighted by Gasteiger charge is -2.57. The van der Waals surface area contributed by atoms with Gasteiger partial charge in [-0.15, -0.1) is 0 Å². The van der Waals surface area contributed by atoms with Gasteiger partial charge in [-0.3, -0.25) is 4.79 Å². The molecule has 4 aliphatic carbocycles. The number of nitrogens with zero attached hydrogens (tertiary/aromatic N) is 2. The van der Waals surface area contributed by atoms with Crippen LogP contribution in [0.25, 0.3) is 0 Å². The van der Waals surface area contributed by atoms with Crippen molar-refractivity contribution in [2.45, 2.75) is 51.0 Å². The van der Waals surface area contributed by atoms with Crippen molar-refractivity contribution >= 4 is 17.7 Å². The van der Waals surface area contributed by atoms with Crippen molar-refractivity contribution < 1.29 is 4.79 Å². The SMILES string of the molecule is CN(C)CC1CSCCCN1C(=O)C12CC3CC(CC(C3)C1)C2. The Labute approximate surface area is 145 Å². The van der Waals surface area contributed by atoms with Crippen LogP contribution in [0.15, 0.2) is 0 Å². The highest BCUT2D eigenvalue weighted by molar-refractivity contribution is 7.99. The number of carbonyl (C=O) groups excluding carboxylic acids is 1. The van der Waals surface area contributed by atoms with Crippen LogP contribution in [0.3, 0.4) is 0 Å². The predicted octanol–water partition coefficient (Wildman–Crippen LogP) is 3.10. The molecule has 0 spiro atoms. The summed E-state index contributed by atoms with van der Waals surface area (Å²) in [6, 6.07) is 0.415. The van der Waals surface area contributed by atoms with Gasteiger partial charge in [-0.05, 0) is 82.5 Å². The third-order valence-electron chi connectivity index (χ3n) is 6.77. The van der Waals surface area contributed by atoms with Crippen molar-refractivity contribution in [3.63, 3.8) is 0 Å². The van der Waals surface area contributed by atoms with Crippen molar-refractivity contribution in [3.8, 4) is 0 Å². The second-order valence-corrected chi connectivity index (χ2v) is 10.2. The van der Waals surface area contributed by atoms with Gasteiger partial charge in [0.25, 0.3) is 0 Å². The summed E-state index contributed by atoms with van der Waals surface area (Å²) in [7, 11) is 4.28. The molecular weight excluding hydrogens is 304 g/mol. The molecule has 0 aromatic rings. The molecule has 4 saturated carbocycles. The van der Waals surface area contributed by atoms with Crippen molar-refractivity contribution in [1.29, 1.82) is 0 Å². The Bertz CT molecular complexity index is 429. The van der Waals surface area contributed by atoms with Crippen LogP contribution in [0.1, 0.15) is 44.9 Å². The number of hydrogen-bond donors (Lipinski definition) is 0. The Hall–Kier alpha value is -0.220. The van der Waals surface area contributed by atoms with Gasteiger partial charge in [0.2, 0.25) is 5.91 Å². The fraction of sp³-hybridized carbons (Fsp3) is 0.947. The van der Waals surface area contributed by atoms with E-state index >= 15 is 0 Å². The monoisotopic (exact) mass is 336 g/mol. The molecule has 0 aromatic heterocycles. The van der Waals surface area contributed by atoms with Crippen molar-refractivity contribution in [2.24, 2.45) is 23.2 Å². The molecule has 1 atom stereocenters. The zero-order valence-corrected chi connectivity index (χ0v) is 15.6. The van der Waals surface area contributed by atoms with E-state index in [2.05, 4.69) is 23.9 Å². The van der Waals surface area contributed by atoms with Crippen LogP contribution in [-0.4, -0.2) is 60.4 Å². The van der Waals surface area contributed by atoms with Crippen LogP contribution in [-0.2, 0) is 4.79 Å². The first-order chi connectivity index (χ1) is 11.1. The van der Waals surface area contributed by atoms with Crippen LogP contribution >= 0.6 is 11.8 Å². The lowest BCUT2D eigenvalue weighted by Crippen LogP contribution is -2.58. The number of rotatable bonds is 3. The molecule has 23 heavy (non-hydrogen) atoms. The average molecular weight is 337 g/mol. The zero-order chi connectivity index (χ0) is 16.0. The maximum absolute atomic E-state index is 13.7. The van der Waals surface area contributed by atoms with E-state index in [1.165, 1.54) is 50.7 Å². The van der Waals surface area contributed by atoms with E-state index in [4.69, 9.17) is 0 Å². The first-order valence-corrected chi connectivity index (χ1v) is 10.7. The molecule has 0 radical (unpaired) electrons. The van der Waals surface area contributed by atoms with Crippen LogP contribution < -0.4 is 0 Å². The molecule has 5 aliphatic rings. The van der Waals surface area contributed by atoms with Gasteiger partial charge in [0.1, 0.15) is 0 Å². The Balaban J connectivity index is 1.56. The fourth-order valence-electron chi connectivity index (χ4n) is 6.35. The van der Waals surface area contributed by atoms with E-state index in [1.54, 1.807) is 0 Å². The summed E-state index contributed by atoms with van der Waals surface area (Å²) < 4.78 is 0. The number of thioether (sulfide) groups is 1. The number of hydrogen-bond acceptors (Lipinski definition) is 3. The Kier molecular flexibility index (Phi) is 4.42. The van der Waals surface area contributed by atoms with Crippen LogP contribution in [0.4, 0.5) is 0 Å². The summed E-state index contributed by atoms with van der Waals surface area (Å²) in [5.41, 5.74) is 0.0360. The van der Waals surface area contributed by atoms with E-state index in [0.29, 0.717) is 11.9 Å². The molecule has 130 valence electrons. The van der Waals surface area contributed by atoms with Gasteiger partial charge < -0.3 is 9.80 Å². The highest BCUT2D eigenvalue weighted by Gasteiger charge is 2.56. The lowest BCUT2D eigenvalue weighted by molar-refractivity contribution is -0.159. The minimum absolute atomic E-state index is 0.0360. The third kappa shape index (κ3) is 3.06. The smallest absolute Gasteiger partial charge is 0.229 e. The van der Waals surface area contributed by atoms with E-state index in [1.807, 2.05) is 11.8 Å². The summed E-state index contributed by atoms with van der Waals surface area (Å²) in [6.07, 6.45) is 9.05. The predicted molar refractivity (Wildman–Crippen MR) is 96.6 cm³/mol. The summed E-state index contributed by atoms with van der Waals surface area (Å²) in [6.45, 7) is 2.01. The van der Waals surface area contributed by atoms with Gasteiger partial charge in [-0.1, -0.05) is 0 Å². The second kappa shape index (κ2) is 6.25. The third-order valence-corrected chi connectivity index (χ3v) is 7.97. The number of amides is 1. The first kappa shape index (κ1) is 16.3. The van der Waals surface area contributed by atoms with Gasteiger partial charge >= 0.3 is 0 Å². The fourth-order valence-corrected chi connectivity index (χ4v) is 7.40. The van der Waals surface area contributed by atoms with Crippen molar-refractivity contribution in [3.05, 3.63) is 0 Å². The van der Waals surface area contributed by atoms with Gasteiger partial charge in [0, 0.05) is 18.8 Å². The summed E-state index contributed by atoms with van der Waals surface area (Å²) in [5, 5.41) is 0. The largest absolute Gasteiger partial charge is 0.337 e. The molecule has 1 aliphatic heterocycles. The maximum Gasteiger partial charge on any atom is 0.229 e. The number of likely N-dealkylation sites (N-methyl/N-ethyl adjacent to an activating group) is 1. The van der Waals surface area contributed by atoms with Gasteiger partial charge in [-0.25, -0.2) is 0 Å². The summed E-state index contributed by atoms with van der Waals surface area (Å²) in [4.78, 5) is 18.3. The van der Waals surface area contributed by atoms with Crippen molar-refractivity contribution in [2.75, 3.05) is 38.7 Å². The molecule has 1 unspecified atom stereocenters. The minimum Gasteiger partial charge on any atom is -0.337 e. The molecule has 4 bridgehead atoms. The van der Waals surface area contributed by atoms with Crippen molar-refractivity contribution in [1.82, 2.24) is 9.80 Å².